The van der Waals surface area contributed by atoms with Gasteiger partial charge >= 0.3 is 22.3 Å². The molecule has 224 valence electrons. The lowest BCUT2D eigenvalue weighted by atomic mass is 10.1. The zero-order valence-electron chi connectivity index (χ0n) is 23.9. The van der Waals surface area contributed by atoms with Crippen LogP contribution in [0.15, 0.2) is 79.1 Å². The predicted octanol–water partition coefficient (Wildman–Crippen LogP) is 4.27. The van der Waals surface area contributed by atoms with Crippen LogP contribution in [0, 0.1) is 0 Å². The number of hydrazine groups is 1. The van der Waals surface area contributed by atoms with Crippen LogP contribution < -0.4 is 20.1 Å². The van der Waals surface area contributed by atoms with Crippen LogP contribution in [0.25, 0.3) is 5.69 Å². The van der Waals surface area contributed by atoms with Crippen molar-refractivity contribution < 1.29 is 22.7 Å². The quantitative estimate of drug-likeness (QED) is 0.245. The summed E-state index contributed by atoms with van der Waals surface area (Å²) >= 11 is 0. The van der Waals surface area contributed by atoms with Crippen molar-refractivity contribution in [3.8, 4) is 11.4 Å². The highest BCUT2D eigenvalue weighted by Crippen LogP contribution is 2.24. The summed E-state index contributed by atoms with van der Waals surface area (Å²) in [6.07, 6.45) is 4.26. The second kappa shape index (κ2) is 12.5. The lowest BCUT2D eigenvalue weighted by molar-refractivity contribution is 0.132. The van der Waals surface area contributed by atoms with E-state index in [9.17, 15) is 18.0 Å². The van der Waals surface area contributed by atoms with Gasteiger partial charge in [-0.1, -0.05) is 30.4 Å². The lowest BCUT2D eigenvalue weighted by Gasteiger charge is -2.20. The first-order valence-corrected chi connectivity index (χ1v) is 15.0. The van der Waals surface area contributed by atoms with Crippen LogP contribution in [0.3, 0.4) is 0 Å². The first-order valence-electron chi connectivity index (χ1n) is 13.6. The van der Waals surface area contributed by atoms with Crippen LogP contribution in [-0.2, 0) is 23.2 Å². The number of nitrogens with one attached hydrogen (secondary N) is 3. The number of carbonyl (C=O) groups is 2. The highest BCUT2D eigenvalue weighted by atomic mass is 32.2. The van der Waals surface area contributed by atoms with Gasteiger partial charge in [-0.15, -0.1) is 0 Å². The molecule has 13 nitrogen and oxygen atoms in total. The Morgan fingerprint density at radius 3 is 2.30 bits per heavy atom. The van der Waals surface area contributed by atoms with Crippen molar-refractivity contribution in [3.05, 3.63) is 95.9 Å². The Morgan fingerprint density at radius 1 is 0.977 bits per heavy atom. The number of rotatable bonds is 10. The molecule has 4 amide bonds. The Labute approximate surface area is 249 Å². The molecule has 0 unspecified atom stereocenters. The van der Waals surface area contributed by atoms with Gasteiger partial charge in [0.15, 0.2) is 0 Å². The monoisotopic (exact) mass is 604 g/mol. The summed E-state index contributed by atoms with van der Waals surface area (Å²) < 4.78 is 34.7. The number of carbonyl (C=O) groups excluding carboxylic acids is 2. The number of urea groups is 2. The second-order valence-corrected chi connectivity index (χ2v) is 11.7. The van der Waals surface area contributed by atoms with E-state index in [4.69, 9.17) is 4.74 Å². The molecule has 0 saturated carbocycles. The van der Waals surface area contributed by atoms with Gasteiger partial charge in [-0.05, 0) is 65.6 Å². The largest absolute Gasteiger partial charge is 0.493 e. The number of hydrogen-bond donors (Lipinski definition) is 3. The van der Waals surface area contributed by atoms with E-state index in [0.717, 1.165) is 27.1 Å². The average Bonchev–Trinajstić information content (AvgIpc) is 3.48. The van der Waals surface area contributed by atoms with Crippen molar-refractivity contribution >= 4 is 33.8 Å². The SMILES string of the molecule is CC(C)c1cc(NC(=O)Nc2ccc(OCCc3ccncc3)cc2)n(-c2ccc(CN3N(C)C(=O)NS3(=O)=O)cc2)n1. The van der Waals surface area contributed by atoms with Crippen LogP contribution in [0.1, 0.15) is 36.6 Å². The molecule has 2 aromatic heterocycles. The van der Waals surface area contributed by atoms with E-state index in [0.29, 0.717) is 35.1 Å². The number of hydrogen-bond acceptors (Lipinski definition) is 7. The van der Waals surface area contributed by atoms with Crippen molar-refractivity contribution in [1.82, 2.24) is 28.9 Å². The summed E-state index contributed by atoms with van der Waals surface area (Å²) in [6.45, 7) is 4.49. The van der Waals surface area contributed by atoms with Gasteiger partial charge in [0, 0.05) is 37.6 Å². The number of amides is 4. The maximum Gasteiger partial charge on any atom is 0.347 e. The van der Waals surface area contributed by atoms with Crippen molar-refractivity contribution in [2.45, 2.75) is 32.7 Å². The lowest BCUT2D eigenvalue weighted by Crippen LogP contribution is -2.36. The Morgan fingerprint density at radius 2 is 1.67 bits per heavy atom. The van der Waals surface area contributed by atoms with Crippen LogP contribution in [0.5, 0.6) is 5.75 Å². The molecule has 1 saturated heterocycles. The summed E-state index contributed by atoms with van der Waals surface area (Å²) in [5.74, 6) is 1.26. The fourth-order valence-corrected chi connectivity index (χ4v) is 5.47. The minimum atomic E-state index is -3.94. The van der Waals surface area contributed by atoms with Crippen LogP contribution in [0.2, 0.25) is 0 Å². The standard InChI is InChI=1S/C29H32N8O5S/c1-20(2)26-18-27(32-28(38)31-23-6-10-25(11-7-23)42-17-14-21-12-15-30-16-13-21)37(33-26)24-8-4-22(5-9-24)19-36-35(3)29(39)34-43(36,40)41/h4-13,15-16,18,20H,14,17,19H2,1-3H3,(H,34,39)(H2,31,32,38). The third-order valence-electron chi connectivity index (χ3n) is 6.70. The van der Waals surface area contributed by atoms with Gasteiger partial charge in [-0.2, -0.15) is 13.5 Å². The normalized spacial score (nSPS) is 14.5. The van der Waals surface area contributed by atoms with E-state index >= 15 is 0 Å². The molecule has 4 aromatic rings. The fraction of sp³-hybridized carbons (Fsp3) is 0.241. The Balaban J connectivity index is 1.22. The first-order chi connectivity index (χ1) is 20.6. The van der Waals surface area contributed by atoms with Crippen molar-refractivity contribution in [2.75, 3.05) is 24.3 Å². The Bertz CT molecular complexity index is 1690. The number of benzene rings is 2. The number of nitrogens with zero attached hydrogens (tertiary/aromatic N) is 5. The Hall–Kier alpha value is -4.95. The molecule has 0 radical (unpaired) electrons. The molecule has 43 heavy (non-hydrogen) atoms. The molecule has 0 bridgehead atoms. The zero-order chi connectivity index (χ0) is 30.6. The molecule has 0 atom stereocenters. The van der Waals surface area contributed by atoms with Crippen molar-refractivity contribution in [3.63, 3.8) is 0 Å². The van der Waals surface area contributed by atoms with E-state index in [1.165, 1.54) is 7.05 Å². The van der Waals surface area contributed by atoms with Gasteiger partial charge < -0.3 is 10.1 Å². The number of ether oxygens (including phenoxy) is 1. The molecular weight excluding hydrogens is 572 g/mol. The molecule has 3 N–H and O–H groups in total. The van der Waals surface area contributed by atoms with E-state index in [2.05, 4.69) is 20.7 Å². The highest BCUT2D eigenvalue weighted by molar-refractivity contribution is 7.88. The summed E-state index contributed by atoms with van der Waals surface area (Å²) in [5, 5.41) is 11.4. The summed E-state index contributed by atoms with van der Waals surface area (Å²) in [4.78, 5) is 28.7. The van der Waals surface area contributed by atoms with Crippen molar-refractivity contribution in [2.24, 2.45) is 0 Å². The highest BCUT2D eigenvalue weighted by Gasteiger charge is 2.38. The molecule has 5 rings (SSSR count). The maximum atomic E-state index is 12.9. The van der Waals surface area contributed by atoms with E-state index in [-0.39, 0.29) is 12.5 Å². The molecule has 14 heteroatoms. The van der Waals surface area contributed by atoms with Crippen LogP contribution in [0.4, 0.5) is 21.1 Å². The smallest absolute Gasteiger partial charge is 0.347 e. The average molecular weight is 605 g/mol. The summed E-state index contributed by atoms with van der Waals surface area (Å²) in [7, 11) is -2.56. The second-order valence-electron chi connectivity index (χ2n) is 10.2. The third kappa shape index (κ3) is 7.10. The molecule has 1 aliphatic rings. The minimum Gasteiger partial charge on any atom is -0.493 e. The summed E-state index contributed by atoms with van der Waals surface area (Å²) in [6, 6.07) is 18.7. The number of pyridine rings is 1. The van der Waals surface area contributed by atoms with E-state index in [1.807, 2.05) is 30.7 Å². The molecule has 0 spiro atoms. The zero-order valence-corrected chi connectivity index (χ0v) is 24.7. The minimum absolute atomic E-state index is 0.0315. The van der Waals surface area contributed by atoms with Gasteiger partial charge in [-0.25, -0.2) is 24.0 Å². The third-order valence-corrected chi connectivity index (χ3v) is 8.06. The molecule has 1 fully saturated rings. The molecular formula is C29H32N8O5S. The first kappa shape index (κ1) is 29.5. The van der Waals surface area contributed by atoms with Gasteiger partial charge in [0.1, 0.15) is 11.6 Å². The predicted molar refractivity (Wildman–Crippen MR) is 161 cm³/mol. The number of anilines is 2. The van der Waals surface area contributed by atoms with E-state index in [1.54, 1.807) is 71.7 Å². The van der Waals surface area contributed by atoms with E-state index < -0.39 is 22.3 Å². The Kier molecular flexibility index (Phi) is 8.59. The molecule has 2 aromatic carbocycles. The summed E-state index contributed by atoms with van der Waals surface area (Å²) in [5.41, 5.74) is 3.83. The number of aromatic nitrogens is 3. The van der Waals surface area contributed by atoms with Crippen LogP contribution in [-0.4, -0.2) is 58.3 Å². The maximum absolute atomic E-state index is 12.9. The van der Waals surface area contributed by atoms with Gasteiger partial charge in [-0.3, -0.25) is 10.3 Å². The van der Waals surface area contributed by atoms with Crippen LogP contribution >= 0.6 is 0 Å². The fourth-order valence-electron chi connectivity index (χ4n) is 4.30. The van der Waals surface area contributed by atoms with Gasteiger partial charge in [0.25, 0.3) is 0 Å². The van der Waals surface area contributed by atoms with Gasteiger partial charge in [0.2, 0.25) is 0 Å². The van der Waals surface area contributed by atoms with Gasteiger partial charge in [0.05, 0.1) is 24.5 Å². The molecule has 0 aliphatic carbocycles. The molecule has 1 aliphatic heterocycles. The van der Waals surface area contributed by atoms with Crippen molar-refractivity contribution in [1.29, 1.82) is 0 Å². The topological polar surface area (TPSA) is 151 Å². The molecule has 3 heterocycles.